The van der Waals surface area contributed by atoms with Gasteiger partial charge in [-0.25, -0.2) is 4.98 Å². The summed E-state index contributed by atoms with van der Waals surface area (Å²) in [6.45, 7) is 4.27. The van der Waals surface area contributed by atoms with Crippen molar-refractivity contribution >= 4 is 11.8 Å². The molecule has 4 rings (SSSR count). The molecule has 1 saturated heterocycles. The normalized spacial score (nSPS) is 19.2. The Morgan fingerprint density at radius 2 is 1.68 bits per heavy atom. The van der Waals surface area contributed by atoms with Crippen molar-refractivity contribution in [3.05, 3.63) is 41.6 Å². The number of carbonyl (C=O) groups is 2. The second kappa shape index (κ2) is 9.45. The number of aromatic nitrogens is 2. The Kier molecular flexibility index (Phi) is 6.49. The van der Waals surface area contributed by atoms with Crippen molar-refractivity contribution in [3.63, 3.8) is 0 Å². The Bertz CT molecular complexity index is 947. The summed E-state index contributed by atoms with van der Waals surface area (Å²) in [5.41, 5.74) is 2.97. The number of aryl methyl sites for hydroxylation is 1. The number of rotatable bonds is 3. The van der Waals surface area contributed by atoms with E-state index in [1.54, 1.807) is 14.0 Å². The van der Waals surface area contributed by atoms with E-state index in [9.17, 15) is 9.59 Å². The van der Waals surface area contributed by atoms with Crippen molar-refractivity contribution in [1.29, 1.82) is 0 Å². The first kappa shape index (κ1) is 21.3. The van der Waals surface area contributed by atoms with Gasteiger partial charge in [0.1, 0.15) is 0 Å². The number of benzene rings is 1. The van der Waals surface area contributed by atoms with Gasteiger partial charge in [0.15, 0.2) is 5.82 Å². The van der Waals surface area contributed by atoms with E-state index >= 15 is 0 Å². The first-order valence-corrected chi connectivity index (χ1v) is 11.1. The van der Waals surface area contributed by atoms with Crippen molar-refractivity contribution in [3.8, 4) is 17.3 Å². The average molecular weight is 423 g/mol. The number of hydrogen-bond acceptors (Lipinski definition) is 5. The van der Waals surface area contributed by atoms with E-state index in [1.165, 1.54) is 0 Å². The molecule has 0 bridgehead atoms. The van der Waals surface area contributed by atoms with E-state index < -0.39 is 0 Å². The molecule has 1 aromatic heterocycles. The first-order valence-electron chi connectivity index (χ1n) is 11.1. The number of nitrogens with zero attached hydrogens (tertiary/aromatic N) is 4. The van der Waals surface area contributed by atoms with Gasteiger partial charge in [-0.3, -0.25) is 9.59 Å². The van der Waals surface area contributed by atoms with E-state index in [-0.39, 0.29) is 17.7 Å². The summed E-state index contributed by atoms with van der Waals surface area (Å²) >= 11 is 0. The second-order valence-electron chi connectivity index (χ2n) is 8.31. The number of ether oxygens (including phenoxy) is 1. The molecule has 7 heteroatoms. The highest BCUT2D eigenvalue weighted by Crippen LogP contribution is 2.32. The number of fused-ring (bicyclic) bond motifs is 1. The second-order valence-corrected chi connectivity index (χ2v) is 8.31. The smallest absolute Gasteiger partial charge is 0.225 e. The van der Waals surface area contributed by atoms with Crippen LogP contribution in [0.15, 0.2) is 30.3 Å². The Labute approximate surface area is 183 Å². The molecular formula is C24H30N4O3. The minimum Gasteiger partial charge on any atom is -0.481 e. The first-order chi connectivity index (χ1) is 15.1. The molecule has 1 aliphatic carbocycles. The molecule has 2 amide bonds. The van der Waals surface area contributed by atoms with Gasteiger partial charge in [-0.15, -0.1) is 0 Å². The standard InChI is InChI=1S/C24H30N4O3/c1-17(29)27-13-6-14-28(16-15-27)24(30)19-9-11-20-21(12-10-19)25-22(26-23(20)31-2)18-7-4-3-5-8-18/h3-5,7-8,19H,6,9-16H2,1-2H3. The van der Waals surface area contributed by atoms with Crippen molar-refractivity contribution < 1.29 is 14.3 Å². The van der Waals surface area contributed by atoms with Crippen molar-refractivity contribution in [2.24, 2.45) is 5.92 Å². The molecule has 1 atom stereocenters. The fourth-order valence-corrected chi connectivity index (χ4v) is 4.58. The summed E-state index contributed by atoms with van der Waals surface area (Å²) in [6.07, 6.45) is 3.84. The van der Waals surface area contributed by atoms with Gasteiger partial charge in [0.05, 0.1) is 12.8 Å². The van der Waals surface area contributed by atoms with Crippen LogP contribution in [0.5, 0.6) is 5.88 Å². The molecule has 0 N–H and O–H groups in total. The van der Waals surface area contributed by atoms with Crippen LogP contribution >= 0.6 is 0 Å². The Morgan fingerprint density at radius 1 is 0.968 bits per heavy atom. The minimum absolute atomic E-state index is 0.0389. The van der Waals surface area contributed by atoms with Crippen LogP contribution in [-0.4, -0.2) is 64.9 Å². The SMILES string of the molecule is COc1nc(-c2ccccc2)nc2c1CCC(C(=O)N1CCCN(C(C)=O)CC1)CC2. The lowest BCUT2D eigenvalue weighted by Crippen LogP contribution is -2.39. The molecule has 31 heavy (non-hydrogen) atoms. The van der Waals surface area contributed by atoms with Gasteiger partial charge in [-0.2, -0.15) is 4.98 Å². The van der Waals surface area contributed by atoms with Crippen LogP contribution in [0.2, 0.25) is 0 Å². The molecule has 0 radical (unpaired) electrons. The molecule has 0 saturated carbocycles. The third kappa shape index (κ3) is 4.70. The number of amides is 2. The van der Waals surface area contributed by atoms with Gasteiger partial charge in [-0.05, 0) is 32.1 Å². The maximum absolute atomic E-state index is 13.3. The average Bonchev–Trinajstić information content (AvgIpc) is 3.17. The highest BCUT2D eigenvalue weighted by Gasteiger charge is 2.30. The van der Waals surface area contributed by atoms with Gasteiger partial charge in [0.2, 0.25) is 17.7 Å². The third-order valence-electron chi connectivity index (χ3n) is 6.35. The highest BCUT2D eigenvalue weighted by molar-refractivity contribution is 5.79. The van der Waals surface area contributed by atoms with Crippen LogP contribution in [0.4, 0.5) is 0 Å². The van der Waals surface area contributed by atoms with Crippen molar-refractivity contribution in [1.82, 2.24) is 19.8 Å². The summed E-state index contributed by atoms with van der Waals surface area (Å²) in [5, 5.41) is 0. The zero-order chi connectivity index (χ0) is 21.8. The molecule has 1 unspecified atom stereocenters. The molecular weight excluding hydrogens is 392 g/mol. The lowest BCUT2D eigenvalue weighted by Gasteiger charge is -2.25. The van der Waals surface area contributed by atoms with E-state index in [0.717, 1.165) is 55.5 Å². The van der Waals surface area contributed by atoms with Gasteiger partial charge in [0.25, 0.3) is 0 Å². The predicted octanol–water partition coefficient (Wildman–Crippen LogP) is 2.73. The topological polar surface area (TPSA) is 75.6 Å². The molecule has 2 aromatic rings. The number of carbonyl (C=O) groups excluding carboxylic acids is 2. The molecule has 2 heterocycles. The zero-order valence-electron chi connectivity index (χ0n) is 18.3. The van der Waals surface area contributed by atoms with E-state index in [1.807, 2.05) is 40.1 Å². The largest absolute Gasteiger partial charge is 0.481 e. The highest BCUT2D eigenvalue weighted by atomic mass is 16.5. The molecule has 0 spiro atoms. The van der Waals surface area contributed by atoms with E-state index in [4.69, 9.17) is 9.72 Å². The Balaban J connectivity index is 1.50. The third-order valence-corrected chi connectivity index (χ3v) is 6.35. The molecule has 2 aliphatic rings. The number of methoxy groups -OCH3 is 1. The molecule has 1 aliphatic heterocycles. The summed E-state index contributed by atoms with van der Waals surface area (Å²) in [4.78, 5) is 38.2. The van der Waals surface area contributed by atoms with Gasteiger partial charge < -0.3 is 14.5 Å². The van der Waals surface area contributed by atoms with Gasteiger partial charge in [-0.1, -0.05) is 30.3 Å². The minimum atomic E-state index is -0.0389. The maximum Gasteiger partial charge on any atom is 0.225 e. The monoisotopic (exact) mass is 422 g/mol. The Hall–Kier alpha value is -2.96. The van der Waals surface area contributed by atoms with Crippen LogP contribution in [0.3, 0.4) is 0 Å². The van der Waals surface area contributed by atoms with Crippen molar-refractivity contribution in [2.75, 3.05) is 33.3 Å². The van der Waals surface area contributed by atoms with Gasteiger partial charge in [0, 0.05) is 50.1 Å². The maximum atomic E-state index is 13.3. The molecule has 164 valence electrons. The van der Waals surface area contributed by atoms with Crippen LogP contribution in [-0.2, 0) is 22.4 Å². The summed E-state index contributed by atoms with van der Waals surface area (Å²) in [5.74, 6) is 1.53. The van der Waals surface area contributed by atoms with Crippen LogP contribution < -0.4 is 4.74 Å². The lowest BCUT2D eigenvalue weighted by atomic mass is 9.98. The summed E-state index contributed by atoms with van der Waals surface area (Å²) in [6, 6.07) is 9.90. The van der Waals surface area contributed by atoms with Crippen LogP contribution in [0.1, 0.15) is 37.4 Å². The number of hydrogen-bond donors (Lipinski definition) is 0. The van der Waals surface area contributed by atoms with Crippen molar-refractivity contribution in [2.45, 2.75) is 39.0 Å². The molecule has 1 fully saturated rings. The zero-order valence-corrected chi connectivity index (χ0v) is 18.3. The van der Waals surface area contributed by atoms with E-state index in [0.29, 0.717) is 31.3 Å². The molecule has 1 aromatic carbocycles. The Morgan fingerprint density at radius 3 is 2.42 bits per heavy atom. The molecule has 7 nitrogen and oxygen atoms in total. The fourth-order valence-electron chi connectivity index (χ4n) is 4.58. The fraction of sp³-hybridized carbons (Fsp3) is 0.500. The van der Waals surface area contributed by atoms with Gasteiger partial charge >= 0.3 is 0 Å². The summed E-state index contributed by atoms with van der Waals surface area (Å²) in [7, 11) is 1.64. The predicted molar refractivity (Wildman–Crippen MR) is 118 cm³/mol. The lowest BCUT2D eigenvalue weighted by molar-refractivity contribution is -0.136. The van der Waals surface area contributed by atoms with E-state index in [2.05, 4.69) is 4.98 Å². The quantitative estimate of drug-likeness (QED) is 0.711. The van der Waals surface area contributed by atoms with Crippen LogP contribution in [0, 0.1) is 5.92 Å². The van der Waals surface area contributed by atoms with Crippen LogP contribution in [0.25, 0.3) is 11.4 Å². The summed E-state index contributed by atoms with van der Waals surface area (Å²) < 4.78 is 5.61.